The number of benzene rings is 1. The second-order valence-corrected chi connectivity index (χ2v) is 6.49. The van der Waals surface area contributed by atoms with Gasteiger partial charge < -0.3 is 10.1 Å². The summed E-state index contributed by atoms with van der Waals surface area (Å²) >= 11 is 0. The molecular weight excluding hydrogens is 290 g/mol. The summed E-state index contributed by atoms with van der Waals surface area (Å²) in [6, 6.07) is 8.61. The van der Waals surface area contributed by atoms with E-state index in [0.29, 0.717) is 13.1 Å². The Labute approximate surface area is 138 Å². The van der Waals surface area contributed by atoms with E-state index < -0.39 is 0 Å². The number of carbonyl (C=O) groups excluding carboxylic acids is 1. The van der Waals surface area contributed by atoms with Crippen molar-refractivity contribution >= 4 is 5.91 Å². The number of ether oxygens (including phenoxy) is 1. The number of para-hydroxylation sites is 1. The highest BCUT2D eigenvalue weighted by molar-refractivity contribution is 5.78. The van der Waals surface area contributed by atoms with Gasteiger partial charge in [-0.3, -0.25) is 14.6 Å². The molecule has 1 aromatic carbocycles. The first-order valence-corrected chi connectivity index (χ1v) is 8.61. The first kappa shape index (κ1) is 16.3. The van der Waals surface area contributed by atoms with Gasteiger partial charge in [0.15, 0.2) is 0 Å². The Hall–Kier alpha value is -1.59. The first-order chi connectivity index (χ1) is 11.3. The third-order valence-corrected chi connectivity index (χ3v) is 5.03. The van der Waals surface area contributed by atoms with Gasteiger partial charge in [-0.25, -0.2) is 0 Å². The fraction of sp³-hybridized carbons (Fsp3) is 0.611. The van der Waals surface area contributed by atoms with Crippen molar-refractivity contribution in [3.05, 3.63) is 29.8 Å². The van der Waals surface area contributed by atoms with Crippen LogP contribution in [-0.2, 0) is 11.3 Å². The Bertz CT molecular complexity index is 523. The molecule has 2 fully saturated rings. The number of hydrogen-bond acceptors (Lipinski definition) is 4. The van der Waals surface area contributed by atoms with Crippen molar-refractivity contribution in [2.24, 2.45) is 0 Å². The summed E-state index contributed by atoms with van der Waals surface area (Å²) in [4.78, 5) is 17.0. The van der Waals surface area contributed by atoms with Crippen LogP contribution in [0.4, 0.5) is 0 Å². The molecule has 2 aliphatic rings. The summed E-state index contributed by atoms with van der Waals surface area (Å²) in [5, 5.41) is 3.00. The molecule has 23 heavy (non-hydrogen) atoms. The average Bonchev–Trinajstić information content (AvgIpc) is 2.53. The summed E-state index contributed by atoms with van der Waals surface area (Å²) in [6.45, 7) is 5.21. The summed E-state index contributed by atoms with van der Waals surface area (Å²) in [5.74, 6) is 0.912. The Morgan fingerprint density at radius 1 is 1.22 bits per heavy atom. The quantitative estimate of drug-likeness (QED) is 0.863. The maximum atomic E-state index is 12.2. The minimum atomic E-state index is 0.0907. The van der Waals surface area contributed by atoms with Gasteiger partial charge in [-0.15, -0.1) is 0 Å². The second kappa shape index (κ2) is 7.79. The van der Waals surface area contributed by atoms with Gasteiger partial charge in [0.2, 0.25) is 5.91 Å². The van der Waals surface area contributed by atoms with Crippen LogP contribution in [0.5, 0.6) is 5.75 Å². The van der Waals surface area contributed by atoms with Crippen LogP contribution in [0.1, 0.15) is 24.8 Å². The third-order valence-electron chi connectivity index (χ3n) is 5.03. The van der Waals surface area contributed by atoms with E-state index in [9.17, 15) is 4.79 Å². The third kappa shape index (κ3) is 4.24. The Kier molecular flexibility index (Phi) is 5.51. The van der Waals surface area contributed by atoms with Gasteiger partial charge in [-0.05, 0) is 18.9 Å². The monoisotopic (exact) mass is 317 g/mol. The molecule has 0 spiro atoms. The molecule has 0 bridgehead atoms. The van der Waals surface area contributed by atoms with E-state index in [4.69, 9.17) is 4.74 Å². The van der Waals surface area contributed by atoms with Crippen molar-refractivity contribution in [2.75, 3.05) is 39.8 Å². The van der Waals surface area contributed by atoms with E-state index in [1.807, 2.05) is 24.3 Å². The number of nitrogens with one attached hydrogen (secondary N) is 1. The Morgan fingerprint density at radius 3 is 2.61 bits per heavy atom. The van der Waals surface area contributed by atoms with Crippen LogP contribution in [0.15, 0.2) is 24.3 Å². The van der Waals surface area contributed by atoms with Crippen molar-refractivity contribution in [1.82, 2.24) is 15.1 Å². The predicted octanol–water partition coefficient (Wildman–Crippen LogP) is 1.48. The molecule has 0 aromatic heterocycles. The smallest absolute Gasteiger partial charge is 0.234 e. The number of amides is 1. The highest BCUT2D eigenvalue weighted by atomic mass is 16.5. The van der Waals surface area contributed by atoms with Crippen molar-refractivity contribution in [2.45, 2.75) is 31.8 Å². The maximum absolute atomic E-state index is 12.2. The van der Waals surface area contributed by atoms with E-state index in [2.05, 4.69) is 15.1 Å². The summed E-state index contributed by atoms with van der Waals surface area (Å²) in [6.07, 6.45) is 4.11. The fourth-order valence-corrected chi connectivity index (χ4v) is 3.34. The van der Waals surface area contributed by atoms with E-state index in [1.54, 1.807) is 7.11 Å². The van der Waals surface area contributed by atoms with Gasteiger partial charge in [0.1, 0.15) is 5.75 Å². The van der Waals surface area contributed by atoms with E-state index in [0.717, 1.165) is 43.5 Å². The van der Waals surface area contributed by atoms with Gasteiger partial charge >= 0.3 is 0 Å². The van der Waals surface area contributed by atoms with Gasteiger partial charge in [0, 0.05) is 44.3 Å². The summed E-state index contributed by atoms with van der Waals surface area (Å²) in [5.41, 5.74) is 1.01. The molecule has 126 valence electrons. The molecule has 1 N–H and O–H groups in total. The van der Waals surface area contributed by atoms with Crippen LogP contribution in [0, 0.1) is 0 Å². The van der Waals surface area contributed by atoms with Crippen molar-refractivity contribution < 1.29 is 9.53 Å². The fourth-order valence-electron chi connectivity index (χ4n) is 3.34. The standard InChI is InChI=1S/C18H27N3O2/c1-23-17-8-3-2-5-15(17)13-19-18(22)14-20-9-11-21(12-10-20)16-6-4-7-16/h2-3,5,8,16H,4,6-7,9-14H2,1H3,(H,19,22). The SMILES string of the molecule is COc1ccccc1CNC(=O)CN1CCN(C2CCC2)CC1. The van der Waals surface area contributed by atoms with Crippen molar-refractivity contribution in [3.8, 4) is 5.75 Å². The number of piperazine rings is 1. The van der Waals surface area contributed by atoms with Crippen molar-refractivity contribution in [3.63, 3.8) is 0 Å². The highest BCUT2D eigenvalue weighted by Gasteiger charge is 2.28. The van der Waals surface area contributed by atoms with Crippen LogP contribution in [0.25, 0.3) is 0 Å². The molecule has 1 aliphatic carbocycles. The van der Waals surface area contributed by atoms with Gasteiger partial charge in [-0.2, -0.15) is 0 Å². The lowest BCUT2D eigenvalue weighted by atomic mass is 9.91. The first-order valence-electron chi connectivity index (χ1n) is 8.61. The maximum Gasteiger partial charge on any atom is 0.234 e. The topological polar surface area (TPSA) is 44.8 Å². The number of rotatable bonds is 6. The van der Waals surface area contributed by atoms with Crippen LogP contribution in [0.2, 0.25) is 0 Å². The van der Waals surface area contributed by atoms with Gasteiger partial charge in [0.25, 0.3) is 0 Å². The zero-order valence-electron chi connectivity index (χ0n) is 14.0. The number of nitrogens with zero attached hydrogens (tertiary/aromatic N) is 2. The summed E-state index contributed by atoms with van der Waals surface area (Å²) in [7, 11) is 1.66. The molecule has 0 atom stereocenters. The lowest BCUT2D eigenvalue weighted by molar-refractivity contribution is -0.123. The van der Waals surface area contributed by atoms with Crippen molar-refractivity contribution in [1.29, 1.82) is 0 Å². The molecule has 5 nitrogen and oxygen atoms in total. The van der Waals surface area contributed by atoms with E-state index in [1.165, 1.54) is 19.3 Å². The average molecular weight is 317 g/mol. The zero-order valence-corrected chi connectivity index (χ0v) is 14.0. The molecule has 1 heterocycles. The van der Waals surface area contributed by atoms with Crippen LogP contribution in [0.3, 0.4) is 0 Å². The lowest BCUT2D eigenvalue weighted by Crippen LogP contribution is -2.53. The van der Waals surface area contributed by atoms with Gasteiger partial charge in [-0.1, -0.05) is 24.6 Å². The molecular formula is C18H27N3O2. The van der Waals surface area contributed by atoms with Crippen LogP contribution in [-0.4, -0.2) is 61.6 Å². The molecule has 5 heteroatoms. The Morgan fingerprint density at radius 2 is 1.96 bits per heavy atom. The second-order valence-electron chi connectivity index (χ2n) is 6.49. The van der Waals surface area contributed by atoms with Gasteiger partial charge in [0.05, 0.1) is 13.7 Å². The number of methoxy groups -OCH3 is 1. The molecule has 1 saturated heterocycles. The minimum absolute atomic E-state index is 0.0907. The van der Waals surface area contributed by atoms with E-state index in [-0.39, 0.29) is 5.91 Å². The Balaban J connectivity index is 1.39. The zero-order chi connectivity index (χ0) is 16.1. The molecule has 1 aromatic rings. The lowest BCUT2D eigenvalue weighted by Gasteiger charge is -2.42. The molecule has 0 radical (unpaired) electrons. The molecule has 1 aliphatic heterocycles. The highest BCUT2D eigenvalue weighted by Crippen LogP contribution is 2.25. The largest absolute Gasteiger partial charge is 0.496 e. The number of hydrogen-bond donors (Lipinski definition) is 1. The molecule has 0 unspecified atom stereocenters. The van der Waals surface area contributed by atoms with Crippen LogP contribution >= 0.6 is 0 Å². The minimum Gasteiger partial charge on any atom is -0.496 e. The molecule has 1 amide bonds. The van der Waals surface area contributed by atoms with Crippen LogP contribution < -0.4 is 10.1 Å². The molecule has 3 rings (SSSR count). The normalized spacial score (nSPS) is 20.0. The van der Waals surface area contributed by atoms with E-state index >= 15 is 0 Å². The molecule has 1 saturated carbocycles. The predicted molar refractivity (Wildman–Crippen MR) is 90.5 cm³/mol. The number of carbonyl (C=O) groups is 1. The summed E-state index contributed by atoms with van der Waals surface area (Å²) < 4.78 is 5.31.